The van der Waals surface area contributed by atoms with Gasteiger partial charge in [-0.25, -0.2) is 0 Å². The molecule has 0 radical (unpaired) electrons. The molecule has 1 heterocycles. The molecule has 0 aliphatic heterocycles. The van der Waals surface area contributed by atoms with Crippen molar-refractivity contribution in [3.8, 4) is 0 Å². The highest BCUT2D eigenvalue weighted by atomic mass is 16.4. The Hall–Kier alpha value is -1.65. The third kappa shape index (κ3) is 3.19. The number of carboxylic acids is 1. The van der Waals surface area contributed by atoms with E-state index in [-0.39, 0.29) is 6.54 Å². The van der Waals surface area contributed by atoms with E-state index in [2.05, 4.69) is 10.2 Å². The third-order valence-corrected chi connectivity index (χ3v) is 2.03. The Labute approximate surface area is 88.7 Å². The van der Waals surface area contributed by atoms with Crippen molar-refractivity contribution in [3.05, 3.63) is 17.8 Å². The second-order valence-corrected chi connectivity index (χ2v) is 3.72. The zero-order chi connectivity index (χ0) is 11.4. The highest BCUT2D eigenvalue weighted by molar-refractivity contribution is 5.72. The maximum absolute atomic E-state index is 10.5. The highest BCUT2D eigenvalue weighted by Gasteiger charge is 2.08. The van der Waals surface area contributed by atoms with Crippen LogP contribution in [0.5, 0.6) is 0 Å². The lowest BCUT2D eigenvalue weighted by atomic mass is 10.1. The number of nitrogens with zero attached hydrogens (tertiary/aromatic N) is 3. The highest BCUT2D eigenvalue weighted by Crippen LogP contribution is 2.13. The number of carbonyl (C=O) groups is 1. The molecule has 5 heteroatoms. The molecule has 0 saturated carbocycles. The smallest absolute Gasteiger partial charge is 0.323 e. The maximum Gasteiger partial charge on any atom is 0.323 e. The first-order valence-corrected chi connectivity index (χ1v) is 4.77. The van der Waals surface area contributed by atoms with Gasteiger partial charge in [-0.15, -0.1) is 5.10 Å². The normalized spacial score (nSPS) is 10.4. The summed E-state index contributed by atoms with van der Waals surface area (Å²) >= 11 is 0. The number of hydrogen-bond acceptors (Lipinski definition) is 4. The number of hydrogen-bond donors (Lipinski definition) is 1. The average Bonchev–Trinajstić information content (AvgIpc) is 2.17. The number of carboxylic acid groups (broad SMARTS) is 1. The molecule has 0 spiro atoms. The van der Waals surface area contributed by atoms with Crippen LogP contribution >= 0.6 is 0 Å². The lowest BCUT2D eigenvalue weighted by Crippen LogP contribution is -2.26. The molecular formula is C10H15N3O2. The lowest BCUT2D eigenvalue weighted by Gasteiger charge is -2.15. The Morgan fingerprint density at radius 1 is 1.47 bits per heavy atom. The van der Waals surface area contributed by atoms with Crippen molar-refractivity contribution in [1.82, 2.24) is 10.2 Å². The van der Waals surface area contributed by atoms with Crippen molar-refractivity contribution in [2.45, 2.75) is 19.8 Å². The van der Waals surface area contributed by atoms with Crippen LogP contribution in [-0.4, -0.2) is 34.9 Å². The molecule has 1 rings (SSSR count). The molecule has 5 nitrogen and oxygen atoms in total. The molecule has 0 aliphatic rings. The summed E-state index contributed by atoms with van der Waals surface area (Å²) in [6.45, 7) is 3.99. The van der Waals surface area contributed by atoms with E-state index in [0.29, 0.717) is 11.7 Å². The van der Waals surface area contributed by atoms with Crippen molar-refractivity contribution in [1.29, 1.82) is 0 Å². The van der Waals surface area contributed by atoms with E-state index in [1.165, 1.54) is 0 Å². The number of likely N-dealkylation sites (N-methyl/N-ethyl adjacent to an activating group) is 1. The van der Waals surface area contributed by atoms with Gasteiger partial charge >= 0.3 is 5.97 Å². The summed E-state index contributed by atoms with van der Waals surface area (Å²) in [5, 5.41) is 16.6. The van der Waals surface area contributed by atoms with Crippen LogP contribution in [0.15, 0.2) is 12.1 Å². The van der Waals surface area contributed by atoms with E-state index in [1.807, 2.05) is 19.9 Å². The molecule has 82 valence electrons. The minimum absolute atomic E-state index is 0.0737. The van der Waals surface area contributed by atoms with Crippen LogP contribution in [0.2, 0.25) is 0 Å². The first-order chi connectivity index (χ1) is 7.00. The van der Waals surface area contributed by atoms with Crippen LogP contribution in [0.1, 0.15) is 25.5 Å². The maximum atomic E-state index is 10.5. The number of aliphatic carboxylic acids is 1. The Bertz CT molecular complexity index is 335. The van der Waals surface area contributed by atoms with Crippen molar-refractivity contribution in [2.24, 2.45) is 0 Å². The summed E-state index contributed by atoms with van der Waals surface area (Å²) in [4.78, 5) is 12.0. The average molecular weight is 209 g/mol. The summed E-state index contributed by atoms with van der Waals surface area (Å²) < 4.78 is 0. The summed E-state index contributed by atoms with van der Waals surface area (Å²) in [5.41, 5.74) is 0.905. The molecule has 0 bridgehead atoms. The van der Waals surface area contributed by atoms with Gasteiger partial charge in [0.15, 0.2) is 5.82 Å². The van der Waals surface area contributed by atoms with Crippen molar-refractivity contribution in [2.75, 3.05) is 18.5 Å². The van der Waals surface area contributed by atoms with Crippen LogP contribution in [0, 0.1) is 0 Å². The molecule has 0 saturated heterocycles. The van der Waals surface area contributed by atoms with Crippen molar-refractivity contribution >= 4 is 11.8 Å². The monoisotopic (exact) mass is 209 g/mol. The summed E-state index contributed by atoms with van der Waals surface area (Å²) in [6.07, 6.45) is 0. The van der Waals surface area contributed by atoms with Gasteiger partial charge in [-0.3, -0.25) is 4.79 Å². The molecular weight excluding hydrogens is 194 g/mol. The second kappa shape index (κ2) is 4.72. The topological polar surface area (TPSA) is 66.3 Å². The van der Waals surface area contributed by atoms with Gasteiger partial charge in [-0.2, -0.15) is 5.10 Å². The van der Waals surface area contributed by atoms with Gasteiger partial charge in [0.1, 0.15) is 6.54 Å². The van der Waals surface area contributed by atoms with Gasteiger partial charge in [0.25, 0.3) is 0 Å². The Morgan fingerprint density at radius 2 is 2.13 bits per heavy atom. The van der Waals surface area contributed by atoms with E-state index in [0.717, 1.165) is 5.69 Å². The molecule has 0 aliphatic carbocycles. The van der Waals surface area contributed by atoms with Gasteiger partial charge in [0.05, 0.1) is 5.69 Å². The van der Waals surface area contributed by atoms with E-state index in [4.69, 9.17) is 5.11 Å². The molecule has 1 aromatic heterocycles. The van der Waals surface area contributed by atoms with Crippen LogP contribution in [0.25, 0.3) is 0 Å². The zero-order valence-corrected chi connectivity index (χ0v) is 9.14. The number of aromatic nitrogens is 2. The molecule has 15 heavy (non-hydrogen) atoms. The first kappa shape index (κ1) is 11.4. The lowest BCUT2D eigenvalue weighted by molar-refractivity contribution is -0.135. The SMILES string of the molecule is CC(C)c1ccc(N(C)CC(=O)O)nn1. The molecule has 1 aromatic rings. The summed E-state index contributed by atoms with van der Waals surface area (Å²) in [5.74, 6) is 0.0189. The minimum atomic E-state index is -0.882. The Morgan fingerprint density at radius 3 is 2.53 bits per heavy atom. The van der Waals surface area contributed by atoms with Crippen molar-refractivity contribution in [3.63, 3.8) is 0 Å². The predicted octanol–water partition coefficient (Wildman–Crippen LogP) is 1.12. The molecule has 1 N–H and O–H groups in total. The number of rotatable bonds is 4. The van der Waals surface area contributed by atoms with Crippen LogP contribution in [0.3, 0.4) is 0 Å². The fourth-order valence-electron chi connectivity index (χ4n) is 1.13. The summed E-state index contributed by atoms with van der Waals surface area (Å²) in [6, 6.07) is 3.65. The Balaban J connectivity index is 2.75. The van der Waals surface area contributed by atoms with Crippen LogP contribution < -0.4 is 4.90 Å². The fraction of sp³-hybridized carbons (Fsp3) is 0.500. The van der Waals surface area contributed by atoms with E-state index in [1.54, 1.807) is 18.0 Å². The molecule has 0 fully saturated rings. The zero-order valence-electron chi connectivity index (χ0n) is 9.14. The van der Waals surface area contributed by atoms with Gasteiger partial charge in [0.2, 0.25) is 0 Å². The quantitative estimate of drug-likeness (QED) is 0.804. The Kier molecular flexibility index (Phi) is 3.60. The van der Waals surface area contributed by atoms with Gasteiger partial charge in [0, 0.05) is 7.05 Å². The second-order valence-electron chi connectivity index (χ2n) is 3.72. The first-order valence-electron chi connectivity index (χ1n) is 4.77. The molecule has 0 unspecified atom stereocenters. The van der Waals surface area contributed by atoms with E-state index < -0.39 is 5.97 Å². The van der Waals surface area contributed by atoms with E-state index in [9.17, 15) is 4.79 Å². The van der Waals surface area contributed by atoms with Crippen LogP contribution in [0.4, 0.5) is 5.82 Å². The van der Waals surface area contributed by atoms with Gasteiger partial charge in [-0.05, 0) is 18.1 Å². The molecule has 0 aromatic carbocycles. The third-order valence-electron chi connectivity index (χ3n) is 2.03. The summed E-state index contributed by atoms with van der Waals surface area (Å²) in [7, 11) is 1.67. The van der Waals surface area contributed by atoms with Gasteiger partial charge < -0.3 is 10.0 Å². The van der Waals surface area contributed by atoms with Crippen molar-refractivity contribution < 1.29 is 9.90 Å². The largest absolute Gasteiger partial charge is 0.480 e. The molecule has 0 atom stereocenters. The molecule has 0 amide bonds. The standard InChI is InChI=1S/C10H15N3O2/c1-7(2)8-4-5-9(12-11-8)13(3)6-10(14)15/h4-5,7H,6H2,1-3H3,(H,14,15). The van der Waals surface area contributed by atoms with Gasteiger partial charge in [-0.1, -0.05) is 13.8 Å². The predicted molar refractivity (Wildman–Crippen MR) is 57.0 cm³/mol. The number of anilines is 1. The fourth-order valence-corrected chi connectivity index (χ4v) is 1.13. The van der Waals surface area contributed by atoms with E-state index >= 15 is 0 Å². The minimum Gasteiger partial charge on any atom is -0.480 e. The van der Waals surface area contributed by atoms with Crippen LogP contribution in [-0.2, 0) is 4.79 Å².